The summed E-state index contributed by atoms with van der Waals surface area (Å²) >= 11 is 0. The number of benzene rings is 11. The van der Waals surface area contributed by atoms with Gasteiger partial charge in [0.15, 0.2) is 11.2 Å². The first-order valence-electron chi connectivity index (χ1n) is 25.4. The van der Waals surface area contributed by atoms with Crippen molar-refractivity contribution in [3.05, 3.63) is 230 Å². The van der Waals surface area contributed by atoms with E-state index in [2.05, 4.69) is 251 Å². The number of rotatable bonds is 6. The number of furan rings is 2. The van der Waals surface area contributed by atoms with Crippen LogP contribution < -0.4 is 9.80 Å². The summed E-state index contributed by atoms with van der Waals surface area (Å²) in [6.45, 7) is 4.25. The maximum atomic E-state index is 6.82. The fraction of sp³-hybridized carbons (Fsp3) is 0.0294. The monoisotopic (exact) mass is 946 g/mol. The van der Waals surface area contributed by atoms with Crippen molar-refractivity contribution in [2.24, 2.45) is 0 Å². The van der Waals surface area contributed by atoms with Crippen molar-refractivity contribution in [1.82, 2.24) is 8.80 Å². The number of hydrogen-bond acceptors (Lipinski definition) is 4. The van der Waals surface area contributed by atoms with Gasteiger partial charge in [0.25, 0.3) is 0 Å². The van der Waals surface area contributed by atoms with Crippen LogP contribution in [-0.4, -0.2) is 8.80 Å². The number of aromatic nitrogens is 2. The lowest BCUT2D eigenvalue weighted by Crippen LogP contribution is -2.10. The SMILES string of the molecule is Cc1cccc2c1oc1c(N(c3ccccc3)c3ccc4c5cccc6c7cc8c(cc7n(c4c3)c56)c3cccc4c5ccc(N(c6ccccc6)c6cccc7c6oc6c(C)cccc67)cc5n8c43)cccc12. The van der Waals surface area contributed by atoms with Crippen LogP contribution in [-0.2, 0) is 0 Å². The molecule has 0 aliphatic rings. The fourth-order valence-corrected chi connectivity index (χ4v) is 13.0. The van der Waals surface area contributed by atoms with Crippen molar-refractivity contribution in [2.45, 2.75) is 13.8 Å². The minimum atomic E-state index is 0.873. The average Bonchev–Trinajstić information content (AvgIpc) is 4.31. The molecule has 6 heterocycles. The Bertz CT molecular complexity index is 4850. The molecule has 0 radical (unpaired) electrons. The smallest absolute Gasteiger partial charge is 0.159 e. The lowest BCUT2D eigenvalue weighted by Gasteiger charge is -2.25. The van der Waals surface area contributed by atoms with Crippen LogP contribution in [0.15, 0.2) is 227 Å². The molecular formula is C68H42N4O2. The van der Waals surface area contributed by atoms with Crippen molar-refractivity contribution in [1.29, 1.82) is 0 Å². The van der Waals surface area contributed by atoms with Gasteiger partial charge in [-0.05, 0) is 97.8 Å². The summed E-state index contributed by atoms with van der Waals surface area (Å²) in [5.74, 6) is 0. The number of para-hydroxylation sites is 8. The minimum absolute atomic E-state index is 0.873. The molecule has 0 unspecified atom stereocenters. The number of hydrogen-bond donors (Lipinski definition) is 0. The van der Waals surface area contributed by atoms with Gasteiger partial charge in [-0.1, -0.05) is 146 Å². The molecule has 0 amide bonds. The van der Waals surface area contributed by atoms with E-state index < -0.39 is 0 Å². The zero-order chi connectivity index (χ0) is 48.5. The van der Waals surface area contributed by atoms with Gasteiger partial charge in [0.2, 0.25) is 0 Å². The van der Waals surface area contributed by atoms with Gasteiger partial charge in [-0.2, -0.15) is 0 Å². The molecule has 0 aliphatic carbocycles. The third-order valence-corrected chi connectivity index (χ3v) is 16.1. The molecule has 346 valence electrons. The quantitative estimate of drug-likeness (QED) is 0.167. The standard InChI is InChI=1S/C68H42N4O2/c1-39-15-9-25-51-53-27-13-29-57(67(53)73-65(39)51)69(41-17-5-3-6-18-41)43-31-33-45-47-21-11-23-49-55-38-62-56(37-61(55)71(63(47)49)59(45)35-43)50-24-12-22-48-46-34-32-44(36-60(46)72(62)64(48)50)70(42-19-7-4-8-20-42)58-30-14-28-54-52-26-10-16-40(2)66(52)74-68(54)58/h3-38H,1-2H3. The van der Waals surface area contributed by atoms with Crippen LogP contribution in [0.25, 0.3) is 120 Å². The summed E-state index contributed by atoms with van der Waals surface area (Å²) < 4.78 is 18.7. The van der Waals surface area contributed by atoms with Gasteiger partial charge < -0.3 is 27.4 Å². The van der Waals surface area contributed by atoms with E-state index >= 15 is 0 Å². The fourth-order valence-electron chi connectivity index (χ4n) is 13.0. The van der Waals surface area contributed by atoms with Crippen LogP contribution in [0.5, 0.6) is 0 Å². The number of nitrogens with zero attached hydrogens (tertiary/aromatic N) is 4. The Morgan fingerprint density at radius 2 is 0.622 bits per heavy atom. The van der Waals surface area contributed by atoms with Gasteiger partial charge in [0.1, 0.15) is 11.2 Å². The van der Waals surface area contributed by atoms with Crippen LogP contribution in [0.2, 0.25) is 0 Å². The van der Waals surface area contributed by atoms with E-state index in [1.54, 1.807) is 0 Å². The molecule has 11 aromatic carbocycles. The Labute approximate surface area is 423 Å². The van der Waals surface area contributed by atoms with Gasteiger partial charge in [-0.3, -0.25) is 0 Å². The molecule has 6 heteroatoms. The normalized spacial score (nSPS) is 12.5. The van der Waals surface area contributed by atoms with Crippen molar-refractivity contribution in [3.63, 3.8) is 0 Å². The lowest BCUT2D eigenvalue weighted by molar-refractivity contribution is 0.665. The van der Waals surface area contributed by atoms with Crippen LogP contribution in [0.3, 0.4) is 0 Å². The van der Waals surface area contributed by atoms with Crippen LogP contribution in [0.1, 0.15) is 11.1 Å². The van der Waals surface area contributed by atoms with Crippen molar-refractivity contribution < 1.29 is 8.83 Å². The van der Waals surface area contributed by atoms with Gasteiger partial charge in [-0.15, -0.1) is 0 Å². The topological polar surface area (TPSA) is 41.6 Å². The Balaban J connectivity index is 0.904. The molecule has 6 nitrogen and oxygen atoms in total. The molecule has 0 saturated heterocycles. The summed E-state index contributed by atoms with van der Waals surface area (Å²) in [4.78, 5) is 4.71. The molecular weight excluding hydrogens is 905 g/mol. The highest BCUT2D eigenvalue weighted by atomic mass is 16.3. The summed E-state index contributed by atoms with van der Waals surface area (Å²) in [5, 5.41) is 14.4. The average molecular weight is 947 g/mol. The highest BCUT2D eigenvalue weighted by Gasteiger charge is 2.27. The lowest BCUT2D eigenvalue weighted by atomic mass is 10.0. The highest BCUT2D eigenvalue weighted by molar-refractivity contribution is 6.29. The predicted octanol–water partition coefficient (Wildman–Crippen LogP) is 19.3. The van der Waals surface area contributed by atoms with Crippen molar-refractivity contribution in [3.8, 4) is 0 Å². The molecule has 0 bridgehead atoms. The van der Waals surface area contributed by atoms with E-state index in [4.69, 9.17) is 8.83 Å². The Morgan fingerprint density at radius 3 is 1.05 bits per heavy atom. The molecule has 74 heavy (non-hydrogen) atoms. The van der Waals surface area contributed by atoms with Gasteiger partial charge >= 0.3 is 0 Å². The summed E-state index contributed by atoms with van der Waals surface area (Å²) in [5.41, 5.74) is 19.3. The van der Waals surface area contributed by atoms with E-state index in [1.165, 1.54) is 76.2 Å². The maximum Gasteiger partial charge on any atom is 0.159 e. The molecule has 0 saturated carbocycles. The van der Waals surface area contributed by atoms with Crippen LogP contribution in [0.4, 0.5) is 34.1 Å². The maximum absolute atomic E-state index is 6.82. The van der Waals surface area contributed by atoms with Gasteiger partial charge in [0.05, 0.1) is 44.5 Å². The molecule has 0 aliphatic heterocycles. The summed E-state index contributed by atoms with van der Waals surface area (Å²) in [7, 11) is 0. The second-order valence-electron chi connectivity index (χ2n) is 20.1. The van der Waals surface area contributed by atoms with E-state index in [0.29, 0.717) is 0 Å². The Morgan fingerprint density at radius 1 is 0.270 bits per heavy atom. The molecule has 0 spiro atoms. The summed E-state index contributed by atoms with van der Waals surface area (Å²) in [6.07, 6.45) is 0. The zero-order valence-corrected chi connectivity index (χ0v) is 40.4. The zero-order valence-electron chi connectivity index (χ0n) is 40.4. The van der Waals surface area contributed by atoms with E-state index in [1.807, 2.05) is 0 Å². The molecule has 6 aromatic heterocycles. The summed E-state index contributed by atoms with van der Waals surface area (Å²) in [6, 6.07) is 79.7. The Kier molecular flexibility index (Phi) is 7.78. The number of aryl methyl sites for hydroxylation is 2. The first kappa shape index (κ1) is 39.9. The first-order chi connectivity index (χ1) is 36.6. The van der Waals surface area contributed by atoms with Gasteiger partial charge in [0, 0.05) is 87.4 Å². The van der Waals surface area contributed by atoms with Crippen LogP contribution >= 0.6 is 0 Å². The Hall–Kier alpha value is -9.78. The molecule has 17 aromatic rings. The third-order valence-electron chi connectivity index (χ3n) is 16.1. The molecule has 0 fully saturated rings. The van der Waals surface area contributed by atoms with E-state index in [-0.39, 0.29) is 0 Å². The van der Waals surface area contributed by atoms with Gasteiger partial charge in [-0.25, -0.2) is 0 Å². The molecule has 0 N–H and O–H groups in total. The minimum Gasteiger partial charge on any atom is -0.454 e. The van der Waals surface area contributed by atoms with Crippen molar-refractivity contribution >= 4 is 154 Å². The van der Waals surface area contributed by atoms with Crippen LogP contribution in [0, 0.1) is 13.8 Å². The molecule has 0 atom stereocenters. The second kappa shape index (κ2) is 14.4. The number of fused-ring (bicyclic) bond motifs is 18. The highest BCUT2D eigenvalue weighted by Crippen LogP contribution is 2.49. The predicted molar refractivity (Wildman–Crippen MR) is 309 cm³/mol. The first-order valence-corrected chi connectivity index (χ1v) is 25.4. The third kappa shape index (κ3) is 5.18. The largest absolute Gasteiger partial charge is 0.454 e. The van der Waals surface area contributed by atoms with Crippen molar-refractivity contribution in [2.75, 3.05) is 9.80 Å². The second-order valence-corrected chi connectivity index (χ2v) is 20.1. The molecule has 17 rings (SSSR count). The number of anilines is 6. The van der Waals surface area contributed by atoms with E-state index in [0.717, 1.165) is 89.1 Å². The van der Waals surface area contributed by atoms with E-state index in [9.17, 15) is 0 Å².